The van der Waals surface area contributed by atoms with Crippen molar-refractivity contribution in [3.05, 3.63) is 95.7 Å². The zero-order chi connectivity index (χ0) is 22.7. The number of hydrogen-bond acceptors (Lipinski definition) is 4. The molecule has 32 heavy (non-hydrogen) atoms. The van der Waals surface area contributed by atoms with E-state index in [0.29, 0.717) is 35.9 Å². The predicted octanol–water partition coefficient (Wildman–Crippen LogP) is 5.20. The SMILES string of the molecule is CCOc1cccc(N2C(=O)C(c3ccc(C)cc3)=C(N(CC)c3ccccc3)C2=O)c1. The van der Waals surface area contributed by atoms with Crippen LogP contribution in [0.15, 0.2) is 84.6 Å². The highest BCUT2D eigenvalue weighted by Gasteiger charge is 2.42. The summed E-state index contributed by atoms with van der Waals surface area (Å²) in [6, 6.07) is 24.5. The average molecular weight is 427 g/mol. The van der Waals surface area contributed by atoms with E-state index in [1.54, 1.807) is 18.2 Å². The maximum atomic E-state index is 13.8. The van der Waals surface area contributed by atoms with Crippen LogP contribution in [0.1, 0.15) is 25.0 Å². The Hall–Kier alpha value is -3.86. The minimum atomic E-state index is -0.343. The molecule has 5 nitrogen and oxygen atoms in total. The second kappa shape index (κ2) is 9.10. The molecule has 162 valence electrons. The standard InChI is InChI=1S/C27H26N2O3/c1-4-28(21-10-7-6-8-11-21)25-24(20-16-14-19(3)15-17-20)26(30)29(27(25)31)22-12-9-13-23(18-22)32-5-2/h6-18H,4-5H2,1-3H3. The number of carbonyl (C=O) groups excluding carboxylic acids is 2. The Morgan fingerprint density at radius 3 is 2.22 bits per heavy atom. The third-order valence-electron chi connectivity index (χ3n) is 5.44. The molecular weight excluding hydrogens is 400 g/mol. The van der Waals surface area contributed by atoms with Gasteiger partial charge in [-0.25, -0.2) is 4.90 Å². The molecule has 3 aromatic carbocycles. The van der Waals surface area contributed by atoms with Crippen LogP contribution in [-0.2, 0) is 9.59 Å². The molecule has 0 spiro atoms. The summed E-state index contributed by atoms with van der Waals surface area (Å²) in [6.07, 6.45) is 0. The van der Waals surface area contributed by atoms with Gasteiger partial charge in [-0.3, -0.25) is 9.59 Å². The molecule has 2 amide bonds. The fourth-order valence-electron chi connectivity index (χ4n) is 3.94. The van der Waals surface area contributed by atoms with Crippen molar-refractivity contribution in [3.8, 4) is 5.75 Å². The average Bonchev–Trinajstić information content (AvgIpc) is 3.06. The molecule has 4 rings (SSSR count). The summed E-state index contributed by atoms with van der Waals surface area (Å²) in [5.74, 6) is -0.0619. The van der Waals surface area contributed by atoms with Gasteiger partial charge in [0.25, 0.3) is 11.8 Å². The number of ether oxygens (including phenoxy) is 1. The van der Waals surface area contributed by atoms with Crippen molar-refractivity contribution in [1.82, 2.24) is 0 Å². The Balaban J connectivity index is 1.87. The van der Waals surface area contributed by atoms with E-state index in [2.05, 4.69) is 0 Å². The van der Waals surface area contributed by atoms with E-state index in [4.69, 9.17) is 4.74 Å². The minimum absolute atomic E-state index is 0.336. The van der Waals surface area contributed by atoms with Crippen molar-refractivity contribution in [2.45, 2.75) is 20.8 Å². The minimum Gasteiger partial charge on any atom is -0.494 e. The highest BCUT2D eigenvalue weighted by Crippen LogP contribution is 2.37. The molecule has 0 unspecified atom stereocenters. The van der Waals surface area contributed by atoms with Crippen LogP contribution in [0.5, 0.6) is 5.75 Å². The molecule has 0 aromatic heterocycles. The molecule has 0 saturated heterocycles. The van der Waals surface area contributed by atoms with Gasteiger partial charge in [0.05, 0.1) is 17.9 Å². The number of carbonyl (C=O) groups is 2. The van der Waals surface area contributed by atoms with Gasteiger partial charge in [0.1, 0.15) is 11.4 Å². The molecule has 0 saturated carbocycles. The van der Waals surface area contributed by atoms with Gasteiger partial charge in [-0.2, -0.15) is 0 Å². The number of hydrogen-bond donors (Lipinski definition) is 0. The Morgan fingerprint density at radius 1 is 0.844 bits per heavy atom. The zero-order valence-corrected chi connectivity index (χ0v) is 18.5. The first-order valence-corrected chi connectivity index (χ1v) is 10.8. The highest BCUT2D eigenvalue weighted by atomic mass is 16.5. The maximum Gasteiger partial charge on any atom is 0.282 e. The summed E-state index contributed by atoms with van der Waals surface area (Å²) < 4.78 is 5.59. The number of para-hydroxylation sites is 1. The monoisotopic (exact) mass is 426 g/mol. The Labute approximate surface area is 188 Å². The number of amides is 2. The van der Waals surface area contributed by atoms with Gasteiger partial charge in [-0.1, -0.05) is 54.1 Å². The Kier molecular flexibility index (Phi) is 6.08. The van der Waals surface area contributed by atoms with Crippen molar-refractivity contribution in [2.24, 2.45) is 0 Å². The highest BCUT2D eigenvalue weighted by molar-refractivity contribution is 6.46. The molecule has 5 heteroatoms. The lowest BCUT2D eigenvalue weighted by Gasteiger charge is -2.25. The van der Waals surface area contributed by atoms with Gasteiger partial charge in [0.15, 0.2) is 0 Å². The molecule has 1 heterocycles. The van der Waals surface area contributed by atoms with Gasteiger partial charge in [-0.15, -0.1) is 0 Å². The molecule has 0 radical (unpaired) electrons. The fourth-order valence-corrected chi connectivity index (χ4v) is 3.94. The van der Waals surface area contributed by atoms with Crippen LogP contribution < -0.4 is 14.5 Å². The molecule has 0 fully saturated rings. The molecule has 0 atom stereocenters. The summed E-state index contributed by atoms with van der Waals surface area (Å²) in [5.41, 5.74) is 3.96. The molecule has 1 aliphatic rings. The van der Waals surface area contributed by atoms with Crippen molar-refractivity contribution in [1.29, 1.82) is 0 Å². The number of anilines is 2. The van der Waals surface area contributed by atoms with E-state index < -0.39 is 0 Å². The van der Waals surface area contributed by atoms with Gasteiger partial charge in [0, 0.05) is 18.3 Å². The van der Waals surface area contributed by atoms with Crippen LogP contribution in [0.4, 0.5) is 11.4 Å². The predicted molar refractivity (Wildman–Crippen MR) is 128 cm³/mol. The van der Waals surface area contributed by atoms with Gasteiger partial charge in [0.2, 0.25) is 0 Å². The van der Waals surface area contributed by atoms with E-state index in [9.17, 15) is 9.59 Å². The third-order valence-corrected chi connectivity index (χ3v) is 5.44. The molecule has 1 aliphatic heterocycles. The second-order valence-electron chi connectivity index (χ2n) is 7.55. The van der Waals surface area contributed by atoms with Crippen LogP contribution in [0.25, 0.3) is 5.57 Å². The summed E-state index contributed by atoms with van der Waals surface area (Å²) in [5, 5.41) is 0. The van der Waals surface area contributed by atoms with Crippen LogP contribution in [0.3, 0.4) is 0 Å². The van der Waals surface area contributed by atoms with Crippen LogP contribution >= 0.6 is 0 Å². The number of likely N-dealkylation sites (N-methyl/N-ethyl adjacent to an activating group) is 1. The molecule has 0 N–H and O–H groups in total. The van der Waals surface area contributed by atoms with Crippen molar-refractivity contribution in [3.63, 3.8) is 0 Å². The summed E-state index contributed by atoms with van der Waals surface area (Å²) in [6.45, 7) is 6.91. The molecule has 3 aromatic rings. The number of nitrogens with zero attached hydrogens (tertiary/aromatic N) is 2. The van der Waals surface area contributed by atoms with E-state index >= 15 is 0 Å². The second-order valence-corrected chi connectivity index (χ2v) is 7.55. The van der Waals surface area contributed by atoms with Gasteiger partial charge >= 0.3 is 0 Å². The lowest BCUT2D eigenvalue weighted by Crippen LogP contribution is -2.35. The van der Waals surface area contributed by atoms with Gasteiger partial charge in [-0.05, 0) is 50.6 Å². The zero-order valence-electron chi connectivity index (χ0n) is 18.5. The normalized spacial score (nSPS) is 13.7. The Morgan fingerprint density at radius 2 is 1.56 bits per heavy atom. The summed E-state index contributed by atoms with van der Waals surface area (Å²) >= 11 is 0. The van der Waals surface area contributed by atoms with E-state index in [1.165, 1.54) is 4.90 Å². The lowest BCUT2D eigenvalue weighted by atomic mass is 10.0. The van der Waals surface area contributed by atoms with E-state index in [-0.39, 0.29) is 11.8 Å². The number of rotatable bonds is 7. The van der Waals surface area contributed by atoms with E-state index in [1.807, 2.05) is 86.3 Å². The quantitative estimate of drug-likeness (QED) is 0.487. The topological polar surface area (TPSA) is 49.9 Å². The number of benzene rings is 3. The molecular formula is C27H26N2O3. The first-order chi connectivity index (χ1) is 15.5. The largest absolute Gasteiger partial charge is 0.494 e. The van der Waals surface area contributed by atoms with Gasteiger partial charge < -0.3 is 9.64 Å². The van der Waals surface area contributed by atoms with Crippen molar-refractivity contribution < 1.29 is 14.3 Å². The van der Waals surface area contributed by atoms with Crippen molar-refractivity contribution in [2.75, 3.05) is 23.0 Å². The summed E-state index contributed by atoms with van der Waals surface area (Å²) in [4.78, 5) is 30.6. The van der Waals surface area contributed by atoms with Crippen molar-refractivity contribution >= 4 is 28.8 Å². The fraction of sp³-hybridized carbons (Fsp3) is 0.185. The Bertz CT molecular complexity index is 1170. The first kappa shape index (κ1) is 21.4. The maximum absolute atomic E-state index is 13.8. The van der Waals surface area contributed by atoms with E-state index in [0.717, 1.165) is 16.8 Å². The number of aryl methyl sites for hydroxylation is 1. The van der Waals surface area contributed by atoms with Crippen LogP contribution in [0.2, 0.25) is 0 Å². The summed E-state index contributed by atoms with van der Waals surface area (Å²) in [7, 11) is 0. The van der Waals surface area contributed by atoms with Crippen LogP contribution in [-0.4, -0.2) is 25.0 Å². The molecule has 0 bridgehead atoms. The third kappa shape index (κ3) is 3.89. The number of imide groups is 1. The van der Waals surface area contributed by atoms with Crippen LogP contribution in [0, 0.1) is 6.92 Å². The lowest BCUT2D eigenvalue weighted by molar-refractivity contribution is -0.120. The smallest absolute Gasteiger partial charge is 0.282 e. The molecule has 0 aliphatic carbocycles. The first-order valence-electron chi connectivity index (χ1n) is 10.8.